The average molecular weight is 435 g/mol. The topological polar surface area (TPSA) is 89.3 Å². The van der Waals surface area contributed by atoms with E-state index in [0.29, 0.717) is 33.8 Å². The molecule has 0 fully saturated rings. The van der Waals surface area contributed by atoms with Crippen molar-refractivity contribution >= 4 is 32.5 Å². The Labute approximate surface area is 180 Å². The molecule has 0 atom stereocenters. The molecule has 0 aliphatic heterocycles. The van der Waals surface area contributed by atoms with Gasteiger partial charge in [0.1, 0.15) is 5.52 Å². The molecule has 0 saturated heterocycles. The van der Waals surface area contributed by atoms with Crippen LogP contribution in [0.15, 0.2) is 82.1 Å². The first-order valence-corrected chi connectivity index (χ1v) is 11.6. The summed E-state index contributed by atoms with van der Waals surface area (Å²) in [5, 5.41) is 2.84. The summed E-state index contributed by atoms with van der Waals surface area (Å²) in [5.74, 6) is 0.415. The lowest BCUT2D eigenvalue weighted by Crippen LogP contribution is -2.12. The summed E-state index contributed by atoms with van der Waals surface area (Å²) >= 11 is 0. The highest BCUT2D eigenvalue weighted by Crippen LogP contribution is 2.24. The Kier molecular flexibility index (Phi) is 5.61. The van der Waals surface area contributed by atoms with Gasteiger partial charge in [-0.15, -0.1) is 0 Å². The maximum absolute atomic E-state index is 12.6. The van der Waals surface area contributed by atoms with Gasteiger partial charge in [0.05, 0.1) is 10.6 Å². The first-order valence-electron chi connectivity index (χ1n) is 9.90. The molecule has 6 nitrogen and oxygen atoms in total. The average Bonchev–Trinajstić information content (AvgIpc) is 3.18. The lowest BCUT2D eigenvalue weighted by molar-refractivity contribution is 0.102. The Morgan fingerprint density at radius 1 is 1.00 bits per heavy atom. The van der Waals surface area contributed by atoms with Crippen molar-refractivity contribution in [1.29, 1.82) is 0 Å². The maximum atomic E-state index is 12.6. The lowest BCUT2D eigenvalue weighted by atomic mass is 10.1. The Bertz CT molecular complexity index is 1330. The van der Waals surface area contributed by atoms with Gasteiger partial charge in [-0.25, -0.2) is 13.4 Å². The van der Waals surface area contributed by atoms with Gasteiger partial charge in [-0.05, 0) is 48.0 Å². The predicted molar refractivity (Wildman–Crippen MR) is 120 cm³/mol. The van der Waals surface area contributed by atoms with Crippen LogP contribution in [0, 0.1) is 0 Å². The van der Waals surface area contributed by atoms with Crippen LogP contribution in [0.25, 0.3) is 11.1 Å². The summed E-state index contributed by atoms with van der Waals surface area (Å²) in [5.41, 5.74) is 3.01. The van der Waals surface area contributed by atoms with Gasteiger partial charge in [-0.2, -0.15) is 0 Å². The van der Waals surface area contributed by atoms with Crippen LogP contribution in [-0.4, -0.2) is 19.3 Å². The molecule has 0 radical (unpaired) electrons. The SMILES string of the molecule is CC(C)c1nc2cc(NC(=O)c3ccc(CS(=O)(=O)c4ccccc4)cc3)ccc2o1. The van der Waals surface area contributed by atoms with Crippen LogP contribution in [0.2, 0.25) is 0 Å². The Morgan fingerprint density at radius 3 is 2.39 bits per heavy atom. The summed E-state index contributed by atoms with van der Waals surface area (Å²) < 4.78 is 30.7. The molecular weight excluding hydrogens is 412 g/mol. The van der Waals surface area contributed by atoms with E-state index in [1.165, 1.54) is 0 Å². The molecule has 4 rings (SSSR count). The third kappa shape index (κ3) is 4.67. The van der Waals surface area contributed by atoms with E-state index in [1.807, 2.05) is 13.8 Å². The number of carbonyl (C=O) groups excluding carboxylic acids is 1. The molecule has 3 aromatic carbocycles. The van der Waals surface area contributed by atoms with Crippen molar-refractivity contribution in [2.45, 2.75) is 30.4 Å². The van der Waals surface area contributed by atoms with Gasteiger partial charge < -0.3 is 9.73 Å². The zero-order chi connectivity index (χ0) is 22.0. The highest BCUT2D eigenvalue weighted by atomic mass is 32.2. The van der Waals surface area contributed by atoms with Crippen molar-refractivity contribution in [2.75, 3.05) is 5.32 Å². The van der Waals surface area contributed by atoms with Crippen molar-refractivity contribution in [3.8, 4) is 0 Å². The molecule has 1 amide bonds. The fourth-order valence-corrected chi connectivity index (χ4v) is 4.53. The normalized spacial score (nSPS) is 11.7. The number of hydrogen-bond donors (Lipinski definition) is 1. The summed E-state index contributed by atoms with van der Waals surface area (Å²) in [6, 6.07) is 20.2. The molecule has 158 valence electrons. The van der Waals surface area contributed by atoms with E-state index in [4.69, 9.17) is 4.42 Å². The zero-order valence-corrected chi connectivity index (χ0v) is 18.0. The number of anilines is 1. The molecule has 4 aromatic rings. The van der Waals surface area contributed by atoms with Gasteiger partial charge in [0, 0.05) is 17.2 Å². The minimum Gasteiger partial charge on any atom is -0.440 e. The van der Waals surface area contributed by atoms with Crippen molar-refractivity contribution in [2.24, 2.45) is 0 Å². The van der Waals surface area contributed by atoms with Crippen molar-refractivity contribution < 1.29 is 17.6 Å². The van der Waals surface area contributed by atoms with Gasteiger partial charge in [0.15, 0.2) is 21.3 Å². The fraction of sp³-hybridized carbons (Fsp3) is 0.167. The minimum atomic E-state index is -3.44. The molecule has 1 aromatic heterocycles. The molecule has 0 unspecified atom stereocenters. The van der Waals surface area contributed by atoms with Gasteiger partial charge in [-0.1, -0.05) is 44.2 Å². The summed E-state index contributed by atoms with van der Waals surface area (Å²) in [7, 11) is -3.44. The van der Waals surface area contributed by atoms with Gasteiger partial charge in [-0.3, -0.25) is 4.79 Å². The molecule has 0 spiro atoms. The van der Waals surface area contributed by atoms with E-state index < -0.39 is 9.84 Å². The summed E-state index contributed by atoms with van der Waals surface area (Å²) in [6.07, 6.45) is 0. The number of nitrogens with one attached hydrogen (secondary N) is 1. The highest BCUT2D eigenvalue weighted by molar-refractivity contribution is 7.90. The second-order valence-corrected chi connectivity index (χ2v) is 9.60. The van der Waals surface area contributed by atoms with E-state index in [1.54, 1.807) is 72.8 Å². The second-order valence-electron chi connectivity index (χ2n) is 7.61. The van der Waals surface area contributed by atoms with Crippen LogP contribution in [-0.2, 0) is 15.6 Å². The number of rotatable bonds is 6. The van der Waals surface area contributed by atoms with Crippen LogP contribution >= 0.6 is 0 Å². The lowest BCUT2D eigenvalue weighted by Gasteiger charge is -2.07. The Hall–Kier alpha value is -3.45. The number of benzene rings is 3. The smallest absolute Gasteiger partial charge is 0.255 e. The monoisotopic (exact) mass is 434 g/mol. The molecule has 0 aliphatic rings. The highest BCUT2D eigenvalue weighted by Gasteiger charge is 2.16. The number of nitrogens with zero attached hydrogens (tertiary/aromatic N) is 1. The van der Waals surface area contributed by atoms with E-state index in [9.17, 15) is 13.2 Å². The number of hydrogen-bond acceptors (Lipinski definition) is 5. The largest absolute Gasteiger partial charge is 0.440 e. The molecule has 0 saturated carbocycles. The molecule has 0 aliphatic carbocycles. The van der Waals surface area contributed by atoms with Crippen LogP contribution < -0.4 is 5.32 Å². The third-order valence-corrected chi connectivity index (χ3v) is 6.53. The number of aromatic nitrogens is 1. The van der Waals surface area contributed by atoms with Crippen LogP contribution in [0.4, 0.5) is 5.69 Å². The van der Waals surface area contributed by atoms with Gasteiger partial charge >= 0.3 is 0 Å². The quantitative estimate of drug-likeness (QED) is 0.452. The Morgan fingerprint density at radius 2 is 1.71 bits per heavy atom. The van der Waals surface area contributed by atoms with Crippen molar-refractivity contribution in [1.82, 2.24) is 4.98 Å². The van der Waals surface area contributed by atoms with Gasteiger partial charge in [0.25, 0.3) is 5.91 Å². The number of fused-ring (bicyclic) bond motifs is 1. The predicted octanol–water partition coefficient (Wildman–Crippen LogP) is 5.18. The van der Waals surface area contributed by atoms with E-state index >= 15 is 0 Å². The number of oxazole rings is 1. The van der Waals surface area contributed by atoms with Crippen molar-refractivity contribution in [3.05, 3.63) is 89.8 Å². The van der Waals surface area contributed by atoms with Gasteiger partial charge in [0.2, 0.25) is 0 Å². The molecule has 7 heteroatoms. The molecule has 0 bridgehead atoms. The summed E-state index contributed by atoms with van der Waals surface area (Å²) in [6.45, 7) is 4.00. The van der Waals surface area contributed by atoms with E-state index in [2.05, 4.69) is 10.3 Å². The first-order chi connectivity index (χ1) is 14.8. The third-order valence-electron chi connectivity index (χ3n) is 4.83. The number of carbonyl (C=O) groups is 1. The van der Waals surface area contributed by atoms with Crippen molar-refractivity contribution in [3.63, 3.8) is 0 Å². The molecular formula is C24H22N2O4S. The number of sulfone groups is 1. The van der Waals surface area contributed by atoms with E-state index in [0.717, 1.165) is 0 Å². The molecule has 31 heavy (non-hydrogen) atoms. The minimum absolute atomic E-state index is 0.125. The number of amides is 1. The molecule has 1 N–H and O–H groups in total. The van der Waals surface area contributed by atoms with Crippen LogP contribution in [0.3, 0.4) is 0 Å². The second kappa shape index (κ2) is 8.35. The van der Waals surface area contributed by atoms with Crippen LogP contribution in [0.1, 0.15) is 41.6 Å². The first kappa shape index (κ1) is 20.8. The molecule has 1 heterocycles. The standard InChI is InChI=1S/C24H22N2O4S/c1-16(2)24-26-21-14-19(12-13-22(21)30-24)25-23(27)18-10-8-17(9-11-18)15-31(28,29)20-6-4-3-5-7-20/h3-14,16H,15H2,1-2H3,(H,25,27). The maximum Gasteiger partial charge on any atom is 0.255 e. The fourth-order valence-electron chi connectivity index (χ4n) is 3.16. The summed E-state index contributed by atoms with van der Waals surface area (Å²) in [4.78, 5) is 17.3. The Balaban J connectivity index is 1.46. The van der Waals surface area contributed by atoms with E-state index in [-0.39, 0.29) is 22.5 Å². The van der Waals surface area contributed by atoms with Crippen LogP contribution in [0.5, 0.6) is 0 Å². The zero-order valence-electron chi connectivity index (χ0n) is 17.2.